The summed E-state index contributed by atoms with van der Waals surface area (Å²) in [6.07, 6.45) is 3.07. The van der Waals surface area contributed by atoms with Crippen LogP contribution in [0, 0.1) is 0 Å². The first-order chi connectivity index (χ1) is 13.6. The van der Waals surface area contributed by atoms with Gasteiger partial charge in [-0.05, 0) is 42.5 Å². The van der Waals surface area contributed by atoms with Crippen LogP contribution < -0.4 is 0 Å². The zero-order valence-corrected chi connectivity index (χ0v) is 15.8. The number of piperazine rings is 1. The van der Waals surface area contributed by atoms with Crippen LogP contribution >= 0.6 is 11.6 Å². The second-order valence-electron chi connectivity index (χ2n) is 6.48. The SMILES string of the molecule is O=C(c1ccc(-n2cncn2)cc1)N1CCN(C(=O)c2cccc(Cl)c2)CC1. The predicted molar refractivity (Wildman–Crippen MR) is 105 cm³/mol. The monoisotopic (exact) mass is 395 g/mol. The van der Waals surface area contributed by atoms with Crippen molar-refractivity contribution >= 4 is 23.4 Å². The Morgan fingerprint density at radius 2 is 1.50 bits per heavy atom. The van der Waals surface area contributed by atoms with Gasteiger partial charge >= 0.3 is 0 Å². The maximum absolute atomic E-state index is 12.8. The lowest BCUT2D eigenvalue weighted by molar-refractivity contribution is 0.0535. The summed E-state index contributed by atoms with van der Waals surface area (Å²) in [5, 5.41) is 4.61. The van der Waals surface area contributed by atoms with E-state index in [9.17, 15) is 9.59 Å². The number of amides is 2. The molecule has 1 aromatic heterocycles. The standard InChI is InChI=1S/C20H18ClN5O2/c21-17-3-1-2-16(12-17)20(28)25-10-8-24(9-11-25)19(27)15-4-6-18(7-5-15)26-14-22-13-23-26/h1-7,12-14H,8-11H2. The van der Waals surface area contributed by atoms with Crippen molar-refractivity contribution in [1.82, 2.24) is 24.6 Å². The Balaban J connectivity index is 1.38. The fourth-order valence-corrected chi connectivity index (χ4v) is 3.39. The lowest BCUT2D eigenvalue weighted by Gasteiger charge is -2.35. The number of hydrogen-bond acceptors (Lipinski definition) is 4. The van der Waals surface area contributed by atoms with Gasteiger partial charge < -0.3 is 9.80 Å². The van der Waals surface area contributed by atoms with Crippen LogP contribution in [0.25, 0.3) is 5.69 Å². The van der Waals surface area contributed by atoms with Crippen molar-refractivity contribution in [2.75, 3.05) is 26.2 Å². The molecule has 3 aromatic rings. The van der Waals surface area contributed by atoms with Crippen molar-refractivity contribution in [3.05, 3.63) is 77.3 Å². The molecule has 1 saturated heterocycles. The Labute approximate surface area is 167 Å². The summed E-state index contributed by atoms with van der Waals surface area (Å²) >= 11 is 5.97. The van der Waals surface area contributed by atoms with Gasteiger partial charge in [0.05, 0.1) is 5.69 Å². The van der Waals surface area contributed by atoms with Crippen LogP contribution in [0.5, 0.6) is 0 Å². The normalized spacial score (nSPS) is 14.2. The molecule has 1 aliphatic rings. The van der Waals surface area contributed by atoms with Gasteiger partial charge in [0.2, 0.25) is 0 Å². The number of rotatable bonds is 3. The van der Waals surface area contributed by atoms with E-state index in [0.717, 1.165) is 5.69 Å². The zero-order chi connectivity index (χ0) is 19.5. The van der Waals surface area contributed by atoms with Crippen molar-refractivity contribution in [3.63, 3.8) is 0 Å². The van der Waals surface area contributed by atoms with Gasteiger partial charge in [-0.3, -0.25) is 9.59 Å². The van der Waals surface area contributed by atoms with Gasteiger partial charge in [-0.2, -0.15) is 5.10 Å². The van der Waals surface area contributed by atoms with E-state index >= 15 is 0 Å². The highest BCUT2D eigenvalue weighted by molar-refractivity contribution is 6.30. The van der Waals surface area contributed by atoms with Crippen molar-refractivity contribution in [2.45, 2.75) is 0 Å². The first-order valence-electron chi connectivity index (χ1n) is 8.91. The highest BCUT2D eigenvalue weighted by atomic mass is 35.5. The van der Waals surface area contributed by atoms with Gasteiger partial charge in [0, 0.05) is 42.3 Å². The molecule has 0 radical (unpaired) electrons. The molecule has 0 N–H and O–H groups in total. The second kappa shape index (κ2) is 7.82. The molecule has 1 aliphatic heterocycles. The van der Waals surface area contributed by atoms with Crippen LogP contribution in [0.3, 0.4) is 0 Å². The molecule has 0 saturated carbocycles. The lowest BCUT2D eigenvalue weighted by Crippen LogP contribution is -2.50. The summed E-state index contributed by atoms with van der Waals surface area (Å²) in [6, 6.07) is 14.1. The van der Waals surface area contributed by atoms with E-state index in [4.69, 9.17) is 11.6 Å². The van der Waals surface area contributed by atoms with Gasteiger partial charge in [-0.25, -0.2) is 9.67 Å². The Hall–Kier alpha value is -3.19. The minimum atomic E-state index is -0.0632. The van der Waals surface area contributed by atoms with Gasteiger partial charge in [0.25, 0.3) is 11.8 Å². The molecule has 0 unspecified atom stereocenters. The van der Waals surface area contributed by atoms with Crippen LogP contribution in [-0.4, -0.2) is 62.6 Å². The largest absolute Gasteiger partial charge is 0.335 e. The maximum atomic E-state index is 12.8. The second-order valence-corrected chi connectivity index (χ2v) is 6.92. The average Bonchev–Trinajstić information content (AvgIpc) is 3.28. The fraction of sp³-hybridized carbons (Fsp3) is 0.200. The molecule has 0 aliphatic carbocycles. The van der Waals surface area contributed by atoms with Gasteiger partial charge in [-0.15, -0.1) is 0 Å². The molecular formula is C20H18ClN5O2. The molecule has 28 heavy (non-hydrogen) atoms. The maximum Gasteiger partial charge on any atom is 0.254 e. The third-order valence-corrected chi connectivity index (χ3v) is 4.96. The number of nitrogens with zero attached hydrogens (tertiary/aromatic N) is 5. The molecule has 8 heteroatoms. The third kappa shape index (κ3) is 3.75. The highest BCUT2D eigenvalue weighted by Gasteiger charge is 2.25. The van der Waals surface area contributed by atoms with E-state index in [1.165, 1.54) is 6.33 Å². The fourth-order valence-electron chi connectivity index (χ4n) is 3.20. The summed E-state index contributed by atoms with van der Waals surface area (Å²) in [5.74, 6) is -0.105. The molecule has 0 spiro atoms. The van der Waals surface area contributed by atoms with E-state index in [1.54, 1.807) is 57.2 Å². The number of aromatic nitrogens is 3. The first-order valence-corrected chi connectivity index (χ1v) is 9.29. The van der Waals surface area contributed by atoms with Gasteiger partial charge in [-0.1, -0.05) is 17.7 Å². The van der Waals surface area contributed by atoms with E-state index < -0.39 is 0 Å². The van der Waals surface area contributed by atoms with Crippen molar-refractivity contribution in [2.24, 2.45) is 0 Å². The minimum absolute atomic E-state index is 0.0417. The molecule has 0 atom stereocenters. The van der Waals surface area contributed by atoms with Crippen LogP contribution in [0.15, 0.2) is 61.2 Å². The number of carbonyl (C=O) groups is 2. The summed E-state index contributed by atoms with van der Waals surface area (Å²) < 4.78 is 1.63. The van der Waals surface area contributed by atoms with Crippen molar-refractivity contribution in [1.29, 1.82) is 0 Å². The molecule has 2 heterocycles. The lowest BCUT2D eigenvalue weighted by atomic mass is 10.1. The van der Waals surface area contributed by atoms with Crippen LogP contribution in [0.4, 0.5) is 0 Å². The van der Waals surface area contributed by atoms with Crippen molar-refractivity contribution < 1.29 is 9.59 Å². The number of halogens is 1. The molecular weight excluding hydrogens is 378 g/mol. The molecule has 2 aromatic carbocycles. The summed E-state index contributed by atoms with van der Waals surface area (Å²) in [4.78, 5) is 32.8. The molecule has 7 nitrogen and oxygen atoms in total. The van der Waals surface area contributed by atoms with Gasteiger partial charge in [0.15, 0.2) is 0 Å². The number of benzene rings is 2. The molecule has 4 rings (SSSR count). The Bertz CT molecular complexity index is 980. The molecule has 1 fully saturated rings. The Kier molecular flexibility index (Phi) is 5.08. The van der Waals surface area contributed by atoms with E-state index in [0.29, 0.717) is 42.3 Å². The summed E-state index contributed by atoms with van der Waals surface area (Å²) in [6.45, 7) is 1.98. The Morgan fingerprint density at radius 1 is 0.857 bits per heavy atom. The quantitative estimate of drug-likeness (QED) is 0.683. The number of hydrogen-bond donors (Lipinski definition) is 0. The zero-order valence-electron chi connectivity index (χ0n) is 15.0. The number of carbonyl (C=O) groups excluding carboxylic acids is 2. The topological polar surface area (TPSA) is 71.3 Å². The van der Waals surface area contributed by atoms with Gasteiger partial charge in [0.1, 0.15) is 12.7 Å². The van der Waals surface area contributed by atoms with E-state index in [1.807, 2.05) is 12.1 Å². The smallest absolute Gasteiger partial charge is 0.254 e. The first kappa shape index (κ1) is 18.2. The highest BCUT2D eigenvalue weighted by Crippen LogP contribution is 2.16. The van der Waals surface area contributed by atoms with E-state index in [2.05, 4.69) is 10.1 Å². The minimum Gasteiger partial charge on any atom is -0.335 e. The van der Waals surface area contributed by atoms with Crippen LogP contribution in [0.1, 0.15) is 20.7 Å². The van der Waals surface area contributed by atoms with Crippen molar-refractivity contribution in [3.8, 4) is 5.69 Å². The molecule has 142 valence electrons. The Morgan fingerprint density at radius 3 is 2.07 bits per heavy atom. The third-order valence-electron chi connectivity index (χ3n) is 4.72. The van der Waals surface area contributed by atoms with Crippen LogP contribution in [-0.2, 0) is 0 Å². The summed E-state index contributed by atoms with van der Waals surface area (Å²) in [5.41, 5.74) is 2.01. The average molecular weight is 396 g/mol. The van der Waals surface area contributed by atoms with E-state index in [-0.39, 0.29) is 11.8 Å². The summed E-state index contributed by atoms with van der Waals surface area (Å²) in [7, 11) is 0. The molecule has 0 bridgehead atoms. The van der Waals surface area contributed by atoms with Crippen LogP contribution in [0.2, 0.25) is 5.02 Å². The predicted octanol–water partition coefficient (Wildman–Crippen LogP) is 2.52. The molecule has 2 amide bonds.